The third-order valence-electron chi connectivity index (χ3n) is 2.34. The van der Waals surface area contributed by atoms with Gasteiger partial charge in [-0.05, 0) is 6.42 Å². The average Bonchev–Trinajstić information content (AvgIpc) is 2.32. The highest BCUT2D eigenvalue weighted by Crippen LogP contribution is 2.00. The van der Waals surface area contributed by atoms with Crippen LogP contribution in [0.2, 0.25) is 0 Å². The van der Waals surface area contributed by atoms with Crippen LogP contribution in [0.25, 0.3) is 0 Å². The van der Waals surface area contributed by atoms with E-state index in [9.17, 15) is 14.4 Å². The highest BCUT2D eigenvalue weighted by atomic mass is 16.5. The van der Waals surface area contributed by atoms with Crippen molar-refractivity contribution in [1.82, 2.24) is 10.2 Å². The number of hydrogen-bond acceptors (Lipinski definition) is 4. The third kappa shape index (κ3) is 6.72. The summed E-state index contributed by atoms with van der Waals surface area (Å²) in [6.45, 7) is 2.21. The van der Waals surface area contributed by atoms with E-state index in [2.05, 4.69) is 10.1 Å². The molecule has 0 bridgehead atoms. The van der Waals surface area contributed by atoms with Gasteiger partial charge < -0.3 is 20.1 Å². The molecule has 0 aliphatic carbocycles. The molecule has 7 heteroatoms. The number of urea groups is 1. The lowest BCUT2D eigenvalue weighted by atomic mass is 10.2. The molecule has 2 N–H and O–H groups in total. The minimum atomic E-state index is -0.892. The summed E-state index contributed by atoms with van der Waals surface area (Å²) in [6.07, 6.45) is 0.393. The van der Waals surface area contributed by atoms with Gasteiger partial charge >= 0.3 is 18.0 Å². The molecule has 1 unspecified atom stereocenters. The van der Waals surface area contributed by atoms with Gasteiger partial charge in [0.15, 0.2) is 0 Å². The number of methoxy groups -OCH3 is 1. The number of carboxylic acids is 1. The molecule has 104 valence electrons. The molecule has 0 aromatic rings. The zero-order valence-corrected chi connectivity index (χ0v) is 10.9. The van der Waals surface area contributed by atoms with Gasteiger partial charge in [0.05, 0.1) is 13.0 Å². The Bertz CT molecular complexity index is 306. The van der Waals surface area contributed by atoms with E-state index in [1.807, 2.05) is 0 Å². The highest BCUT2D eigenvalue weighted by molar-refractivity contribution is 5.76. The predicted molar refractivity (Wildman–Crippen MR) is 64.1 cm³/mol. The first kappa shape index (κ1) is 16.2. The standard InChI is InChI=1S/C11H20N2O5/c1-8(10(16)18-3)7-13(2)11(17)12-6-4-5-9(14)15/h8H,4-7H2,1-3H3,(H,12,17)(H,14,15). The number of ether oxygens (including phenoxy) is 1. The first-order valence-electron chi connectivity index (χ1n) is 5.67. The van der Waals surface area contributed by atoms with E-state index in [1.54, 1.807) is 14.0 Å². The van der Waals surface area contributed by atoms with Crippen LogP contribution in [-0.4, -0.2) is 55.2 Å². The van der Waals surface area contributed by atoms with Gasteiger partial charge in [0.25, 0.3) is 0 Å². The van der Waals surface area contributed by atoms with Gasteiger partial charge in [0.1, 0.15) is 0 Å². The first-order valence-corrected chi connectivity index (χ1v) is 5.67. The number of rotatable bonds is 7. The van der Waals surface area contributed by atoms with Crippen LogP contribution in [0.3, 0.4) is 0 Å². The highest BCUT2D eigenvalue weighted by Gasteiger charge is 2.18. The molecular weight excluding hydrogens is 240 g/mol. The lowest BCUT2D eigenvalue weighted by Gasteiger charge is -2.20. The van der Waals surface area contributed by atoms with Gasteiger partial charge in [-0.2, -0.15) is 0 Å². The van der Waals surface area contributed by atoms with Crippen molar-refractivity contribution < 1.29 is 24.2 Å². The Morgan fingerprint density at radius 3 is 2.50 bits per heavy atom. The second kappa shape index (κ2) is 8.32. The van der Waals surface area contributed by atoms with Crippen LogP contribution >= 0.6 is 0 Å². The molecule has 18 heavy (non-hydrogen) atoms. The monoisotopic (exact) mass is 260 g/mol. The summed E-state index contributed by atoms with van der Waals surface area (Å²) in [4.78, 5) is 34.3. The Labute approximate surface area is 106 Å². The van der Waals surface area contributed by atoms with Gasteiger partial charge in [-0.3, -0.25) is 9.59 Å². The number of esters is 1. The molecule has 0 rings (SSSR count). The summed E-state index contributed by atoms with van der Waals surface area (Å²) in [5, 5.41) is 11.0. The fourth-order valence-electron chi connectivity index (χ4n) is 1.34. The number of carbonyl (C=O) groups is 3. The largest absolute Gasteiger partial charge is 0.481 e. The van der Waals surface area contributed by atoms with E-state index in [1.165, 1.54) is 12.0 Å². The molecule has 2 amide bonds. The van der Waals surface area contributed by atoms with Crippen LogP contribution in [0.1, 0.15) is 19.8 Å². The Morgan fingerprint density at radius 1 is 1.39 bits per heavy atom. The molecule has 0 aliphatic heterocycles. The summed E-state index contributed by atoms with van der Waals surface area (Å²) in [6, 6.07) is -0.337. The topological polar surface area (TPSA) is 95.9 Å². The molecular formula is C11H20N2O5. The quantitative estimate of drug-likeness (QED) is 0.507. The van der Waals surface area contributed by atoms with Crippen LogP contribution in [-0.2, 0) is 14.3 Å². The number of nitrogens with one attached hydrogen (secondary N) is 1. The predicted octanol–water partition coefficient (Wildman–Crippen LogP) is 0.302. The van der Waals surface area contributed by atoms with Crippen molar-refractivity contribution in [3.63, 3.8) is 0 Å². The molecule has 1 atom stereocenters. The first-order chi connectivity index (χ1) is 8.38. The Hall–Kier alpha value is -1.79. The van der Waals surface area contributed by atoms with E-state index in [-0.39, 0.29) is 25.0 Å². The van der Waals surface area contributed by atoms with E-state index < -0.39 is 11.9 Å². The van der Waals surface area contributed by atoms with Crippen LogP contribution in [0.5, 0.6) is 0 Å². The smallest absolute Gasteiger partial charge is 0.317 e. The van der Waals surface area contributed by atoms with Gasteiger partial charge in [-0.1, -0.05) is 6.92 Å². The summed E-state index contributed by atoms with van der Waals surface area (Å²) in [5.74, 6) is -1.66. The van der Waals surface area contributed by atoms with Crippen LogP contribution in [0.4, 0.5) is 4.79 Å². The minimum Gasteiger partial charge on any atom is -0.481 e. The molecule has 0 radical (unpaired) electrons. The van der Waals surface area contributed by atoms with Gasteiger partial charge in [-0.25, -0.2) is 4.79 Å². The van der Waals surface area contributed by atoms with E-state index in [4.69, 9.17) is 5.11 Å². The molecule has 0 aromatic heterocycles. The Balaban J connectivity index is 3.89. The average molecular weight is 260 g/mol. The Morgan fingerprint density at radius 2 is 2.00 bits per heavy atom. The second-order valence-electron chi connectivity index (χ2n) is 4.03. The van der Waals surface area contributed by atoms with Crippen molar-refractivity contribution in [3.05, 3.63) is 0 Å². The lowest BCUT2D eigenvalue weighted by Crippen LogP contribution is -2.41. The zero-order chi connectivity index (χ0) is 14.1. The molecule has 0 spiro atoms. The summed E-state index contributed by atoms with van der Waals surface area (Å²) < 4.78 is 4.55. The van der Waals surface area contributed by atoms with E-state index >= 15 is 0 Å². The minimum absolute atomic E-state index is 0.0164. The molecule has 0 aromatic carbocycles. The SMILES string of the molecule is COC(=O)C(C)CN(C)C(=O)NCCCC(=O)O. The summed E-state index contributed by atoms with van der Waals surface area (Å²) in [7, 11) is 2.86. The maximum Gasteiger partial charge on any atom is 0.317 e. The maximum atomic E-state index is 11.5. The Kier molecular flexibility index (Phi) is 7.50. The fourth-order valence-corrected chi connectivity index (χ4v) is 1.34. The van der Waals surface area contributed by atoms with Crippen LogP contribution in [0, 0.1) is 5.92 Å². The lowest BCUT2D eigenvalue weighted by molar-refractivity contribution is -0.145. The number of aliphatic carboxylic acids is 1. The van der Waals surface area contributed by atoms with Gasteiger partial charge in [0.2, 0.25) is 0 Å². The van der Waals surface area contributed by atoms with Crippen molar-refractivity contribution in [1.29, 1.82) is 0 Å². The molecule has 0 saturated heterocycles. The van der Waals surface area contributed by atoms with E-state index in [0.717, 1.165) is 0 Å². The normalized spacial score (nSPS) is 11.5. The molecule has 0 aliphatic rings. The van der Waals surface area contributed by atoms with Crippen molar-refractivity contribution in [2.75, 3.05) is 27.2 Å². The third-order valence-corrected chi connectivity index (χ3v) is 2.34. The molecule has 0 fully saturated rings. The number of nitrogens with zero attached hydrogens (tertiary/aromatic N) is 1. The maximum absolute atomic E-state index is 11.5. The zero-order valence-electron chi connectivity index (χ0n) is 10.9. The molecule has 7 nitrogen and oxygen atoms in total. The number of carboxylic acid groups (broad SMARTS) is 1. The van der Waals surface area contributed by atoms with Crippen molar-refractivity contribution in [2.45, 2.75) is 19.8 Å². The number of hydrogen-bond donors (Lipinski definition) is 2. The van der Waals surface area contributed by atoms with Gasteiger partial charge in [-0.15, -0.1) is 0 Å². The molecule has 0 saturated carbocycles. The summed E-state index contributed by atoms with van der Waals surface area (Å²) >= 11 is 0. The van der Waals surface area contributed by atoms with Crippen molar-refractivity contribution in [2.24, 2.45) is 5.92 Å². The van der Waals surface area contributed by atoms with Crippen LogP contribution in [0.15, 0.2) is 0 Å². The fraction of sp³-hybridized carbons (Fsp3) is 0.727. The summed E-state index contributed by atoms with van der Waals surface area (Å²) in [5.41, 5.74) is 0. The van der Waals surface area contributed by atoms with Crippen molar-refractivity contribution >= 4 is 18.0 Å². The van der Waals surface area contributed by atoms with Gasteiger partial charge in [0, 0.05) is 26.6 Å². The van der Waals surface area contributed by atoms with E-state index in [0.29, 0.717) is 13.0 Å². The number of carbonyl (C=O) groups excluding carboxylic acids is 2. The van der Waals surface area contributed by atoms with Crippen LogP contribution < -0.4 is 5.32 Å². The number of amides is 2. The second-order valence-corrected chi connectivity index (χ2v) is 4.03. The van der Waals surface area contributed by atoms with Crippen molar-refractivity contribution in [3.8, 4) is 0 Å². The molecule has 0 heterocycles.